The maximum absolute atomic E-state index is 11.8. The van der Waals surface area contributed by atoms with Gasteiger partial charge in [-0.25, -0.2) is 14.5 Å². The van der Waals surface area contributed by atoms with Crippen LogP contribution in [0.5, 0.6) is 0 Å². The maximum atomic E-state index is 11.8. The smallest absolute Gasteiger partial charge is 0.429 e. The van der Waals surface area contributed by atoms with Gasteiger partial charge < -0.3 is 4.74 Å². The number of ether oxygens (including phenoxy) is 1. The number of carbonyl (C=O) groups is 2. The van der Waals surface area contributed by atoms with Crippen molar-refractivity contribution in [1.82, 2.24) is 0 Å². The van der Waals surface area contributed by atoms with Gasteiger partial charge in [-0.2, -0.15) is 0 Å². The van der Waals surface area contributed by atoms with Crippen LogP contribution in [0.25, 0.3) is 0 Å². The van der Waals surface area contributed by atoms with Crippen molar-refractivity contribution in [3.8, 4) is 0 Å². The minimum Gasteiger partial charge on any atom is -0.429 e. The van der Waals surface area contributed by atoms with Crippen molar-refractivity contribution >= 4 is 12.1 Å². The van der Waals surface area contributed by atoms with E-state index in [4.69, 9.17) is 4.74 Å². The first-order valence-corrected chi connectivity index (χ1v) is 8.97. The molecule has 0 aliphatic heterocycles. The molecule has 1 fully saturated rings. The highest BCUT2D eigenvalue weighted by atomic mass is 17.5. The summed E-state index contributed by atoms with van der Waals surface area (Å²) < 4.78 is 5.14. The molecular weight excluding hydrogens is 324 g/mol. The van der Waals surface area contributed by atoms with Crippen LogP contribution >= 0.6 is 0 Å². The zero-order chi connectivity index (χ0) is 18.1. The highest BCUT2D eigenvalue weighted by Gasteiger charge is 2.24. The molecule has 0 radical (unpaired) electrons. The van der Waals surface area contributed by atoms with Crippen LogP contribution in [0.4, 0.5) is 4.79 Å². The molecule has 25 heavy (non-hydrogen) atoms. The highest BCUT2D eigenvalue weighted by Crippen LogP contribution is 2.28. The first kappa shape index (κ1) is 19.2. The van der Waals surface area contributed by atoms with Crippen molar-refractivity contribution in [2.75, 3.05) is 0 Å². The molecule has 0 heterocycles. The average Bonchev–Trinajstić information content (AvgIpc) is 2.63. The van der Waals surface area contributed by atoms with Crippen LogP contribution < -0.4 is 0 Å². The van der Waals surface area contributed by atoms with Gasteiger partial charge in [-0.1, -0.05) is 38.8 Å². The Morgan fingerprint density at radius 1 is 1.00 bits per heavy atom. The molecule has 6 nitrogen and oxygen atoms in total. The Bertz CT molecular complexity index is 546. The van der Waals surface area contributed by atoms with Crippen LogP contribution in [0.15, 0.2) is 24.3 Å². The second-order valence-electron chi connectivity index (χ2n) is 6.39. The largest absolute Gasteiger partial charge is 0.543 e. The lowest BCUT2D eigenvalue weighted by atomic mass is 9.86. The van der Waals surface area contributed by atoms with E-state index in [1.54, 1.807) is 12.1 Å². The number of carbonyl (C=O) groups excluding carboxylic acids is 2. The summed E-state index contributed by atoms with van der Waals surface area (Å²) in [5, 5.41) is 4.25. The van der Waals surface area contributed by atoms with Crippen LogP contribution in [0.2, 0.25) is 0 Å². The van der Waals surface area contributed by atoms with E-state index in [0.29, 0.717) is 11.5 Å². The lowest BCUT2D eigenvalue weighted by Gasteiger charge is -2.26. The van der Waals surface area contributed by atoms with E-state index >= 15 is 0 Å². The van der Waals surface area contributed by atoms with Crippen molar-refractivity contribution in [1.29, 1.82) is 0 Å². The molecule has 0 spiro atoms. The fraction of sp³-hybridized carbons (Fsp3) is 0.579. The number of hydrogen-bond donors (Lipinski definition) is 0. The molecule has 138 valence electrons. The first-order chi connectivity index (χ1) is 12.1. The van der Waals surface area contributed by atoms with Crippen molar-refractivity contribution in [2.45, 2.75) is 64.9 Å². The zero-order valence-corrected chi connectivity index (χ0v) is 14.9. The van der Waals surface area contributed by atoms with Crippen molar-refractivity contribution < 1.29 is 29.1 Å². The fourth-order valence-corrected chi connectivity index (χ4v) is 3.03. The SMILES string of the molecule is CCCc1ccc(C(=O)OOOC(=O)OC2CCC(CC)CC2)cc1. The third-order valence-electron chi connectivity index (χ3n) is 4.57. The summed E-state index contributed by atoms with van der Waals surface area (Å²) in [6.45, 7) is 4.25. The standard InChI is InChI=1S/C19H26O6/c1-3-5-15-6-10-16(11-7-15)18(20)23-25-24-19(21)22-17-12-8-14(4-2)9-13-17/h6-7,10-11,14,17H,3-5,8-9,12-13H2,1-2H3. The summed E-state index contributed by atoms with van der Waals surface area (Å²) in [6.07, 6.45) is 5.68. The van der Waals surface area contributed by atoms with Crippen LogP contribution in [0.1, 0.15) is 68.3 Å². The molecular formula is C19H26O6. The van der Waals surface area contributed by atoms with E-state index < -0.39 is 12.1 Å². The van der Waals surface area contributed by atoms with Gasteiger partial charge in [-0.15, -0.1) is 0 Å². The van der Waals surface area contributed by atoms with Gasteiger partial charge in [0.05, 0.1) is 10.6 Å². The van der Waals surface area contributed by atoms with E-state index in [9.17, 15) is 9.59 Å². The lowest BCUT2D eigenvalue weighted by molar-refractivity contribution is -0.453. The van der Waals surface area contributed by atoms with Gasteiger partial charge in [0, 0.05) is 0 Å². The van der Waals surface area contributed by atoms with Gasteiger partial charge in [-0.3, -0.25) is 4.89 Å². The molecule has 0 N–H and O–H groups in total. The topological polar surface area (TPSA) is 71.1 Å². The predicted octanol–water partition coefficient (Wildman–Crippen LogP) is 4.76. The molecule has 1 aliphatic rings. The molecule has 0 bridgehead atoms. The molecule has 0 amide bonds. The predicted molar refractivity (Wildman–Crippen MR) is 90.5 cm³/mol. The summed E-state index contributed by atoms with van der Waals surface area (Å²) in [5.41, 5.74) is 1.45. The minimum absolute atomic E-state index is 0.166. The first-order valence-electron chi connectivity index (χ1n) is 8.97. The quantitative estimate of drug-likeness (QED) is 0.401. The molecule has 1 saturated carbocycles. The number of aryl methyl sites for hydroxylation is 1. The van der Waals surface area contributed by atoms with E-state index in [2.05, 4.69) is 28.7 Å². The van der Waals surface area contributed by atoms with Gasteiger partial charge in [0.25, 0.3) is 0 Å². The van der Waals surface area contributed by atoms with E-state index in [1.165, 1.54) is 0 Å². The van der Waals surface area contributed by atoms with Crippen LogP contribution in [-0.4, -0.2) is 18.2 Å². The third-order valence-corrected chi connectivity index (χ3v) is 4.57. The molecule has 6 heteroatoms. The molecule has 1 aromatic carbocycles. The van der Waals surface area contributed by atoms with Crippen LogP contribution in [0.3, 0.4) is 0 Å². The Hall–Kier alpha value is -2.08. The Morgan fingerprint density at radius 3 is 2.28 bits per heavy atom. The molecule has 2 rings (SSSR count). The molecule has 0 unspecified atom stereocenters. The van der Waals surface area contributed by atoms with Gasteiger partial charge in [-0.05, 0) is 55.7 Å². The highest BCUT2D eigenvalue weighted by molar-refractivity contribution is 5.88. The van der Waals surface area contributed by atoms with E-state index in [0.717, 1.165) is 50.5 Å². The fourth-order valence-electron chi connectivity index (χ4n) is 3.03. The molecule has 0 aromatic heterocycles. The Kier molecular flexibility index (Phi) is 7.73. The summed E-state index contributed by atoms with van der Waals surface area (Å²) in [5.74, 6) is -0.0314. The second kappa shape index (κ2) is 10.0. The van der Waals surface area contributed by atoms with E-state index in [-0.39, 0.29) is 6.10 Å². The molecule has 1 aromatic rings. The van der Waals surface area contributed by atoms with Crippen LogP contribution in [-0.2, 0) is 26.0 Å². The van der Waals surface area contributed by atoms with Crippen LogP contribution in [0, 0.1) is 5.92 Å². The zero-order valence-electron chi connectivity index (χ0n) is 14.9. The van der Waals surface area contributed by atoms with Crippen molar-refractivity contribution in [2.24, 2.45) is 5.92 Å². The van der Waals surface area contributed by atoms with Gasteiger partial charge in [0.1, 0.15) is 6.10 Å². The number of benzene rings is 1. The van der Waals surface area contributed by atoms with Gasteiger partial charge in [0.15, 0.2) is 0 Å². The minimum atomic E-state index is -0.994. The molecule has 1 aliphatic carbocycles. The summed E-state index contributed by atoms with van der Waals surface area (Å²) in [7, 11) is 0. The van der Waals surface area contributed by atoms with Crippen molar-refractivity contribution in [3.05, 3.63) is 35.4 Å². The van der Waals surface area contributed by atoms with Gasteiger partial charge >= 0.3 is 12.1 Å². The van der Waals surface area contributed by atoms with Gasteiger partial charge in [0.2, 0.25) is 0 Å². The third kappa shape index (κ3) is 6.38. The van der Waals surface area contributed by atoms with Crippen molar-refractivity contribution in [3.63, 3.8) is 0 Å². The summed E-state index contributed by atoms with van der Waals surface area (Å²) in [6, 6.07) is 6.98. The second-order valence-corrected chi connectivity index (χ2v) is 6.39. The maximum Gasteiger partial charge on any atom is 0.543 e. The number of rotatable bonds is 7. The monoisotopic (exact) mass is 350 g/mol. The average molecular weight is 350 g/mol. The summed E-state index contributed by atoms with van der Waals surface area (Å²) >= 11 is 0. The Labute approximate surface area is 148 Å². The summed E-state index contributed by atoms with van der Waals surface area (Å²) in [4.78, 5) is 32.1. The van der Waals surface area contributed by atoms with E-state index in [1.807, 2.05) is 12.1 Å². The molecule has 0 saturated heterocycles. The Balaban J connectivity index is 1.66. The lowest BCUT2D eigenvalue weighted by Crippen LogP contribution is -2.25. The molecule has 0 atom stereocenters. The Morgan fingerprint density at radius 2 is 1.68 bits per heavy atom. The number of hydrogen-bond acceptors (Lipinski definition) is 6. The normalized spacial score (nSPS) is 19.9.